The van der Waals surface area contributed by atoms with Crippen LogP contribution in [0.2, 0.25) is 0 Å². The van der Waals surface area contributed by atoms with Gasteiger partial charge in [-0.05, 0) is 19.1 Å². The van der Waals surface area contributed by atoms with E-state index in [4.69, 9.17) is 0 Å². The lowest BCUT2D eigenvalue weighted by Gasteiger charge is -2.27. The molecule has 1 heterocycles. The highest BCUT2D eigenvalue weighted by Crippen LogP contribution is 2.12. The van der Waals surface area contributed by atoms with Crippen molar-refractivity contribution in [1.29, 1.82) is 0 Å². The maximum Gasteiger partial charge on any atom is 0.221 e. The highest BCUT2D eigenvalue weighted by molar-refractivity contribution is 9.10. The van der Waals surface area contributed by atoms with Crippen molar-refractivity contribution in [2.75, 3.05) is 19.6 Å². The summed E-state index contributed by atoms with van der Waals surface area (Å²) >= 11 is 3.31. The molecule has 1 unspecified atom stereocenters. The summed E-state index contributed by atoms with van der Waals surface area (Å²) in [7, 11) is 0. The van der Waals surface area contributed by atoms with Crippen LogP contribution in [-0.4, -0.2) is 43.3 Å². The fourth-order valence-corrected chi connectivity index (χ4v) is 2.57. The van der Waals surface area contributed by atoms with Gasteiger partial charge in [-0.1, -0.05) is 28.1 Å². The average molecular weight is 396 g/mol. The zero-order valence-corrected chi connectivity index (χ0v) is 15.2. The van der Waals surface area contributed by atoms with Gasteiger partial charge in [0.25, 0.3) is 0 Å². The first-order chi connectivity index (χ1) is 11.5. The summed E-state index contributed by atoms with van der Waals surface area (Å²) < 4.78 is 0.888. The SMILES string of the molecule is CC(NC(=O)CCC(=O)NCC1CNC1)C(=O)c1ccc(Br)cc1. The van der Waals surface area contributed by atoms with E-state index in [1.807, 2.05) is 0 Å². The van der Waals surface area contributed by atoms with Crippen LogP contribution in [0.25, 0.3) is 0 Å². The molecule has 1 fully saturated rings. The van der Waals surface area contributed by atoms with Gasteiger partial charge in [0.1, 0.15) is 0 Å². The first-order valence-electron chi connectivity index (χ1n) is 8.02. The Morgan fingerprint density at radius 3 is 2.38 bits per heavy atom. The highest BCUT2D eigenvalue weighted by atomic mass is 79.9. The van der Waals surface area contributed by atoms with Gasteiger partial charge >= 0.3 is 0 Å². The third kappa shape index (κ3) is 5.72. The van der Waals surface area contributed by atoms with E-state index in [1.54, 1.807) is 31.2 Å². The number of halogens is 1. The highest BCUT2D eigenvalue weighted by Gasteiger charge is 2.19. The fourth-order valence-electron chi connectivity index (χ4n) is 2.31. The molecule has 24 heavy (non-hydrogen) atoms. The third-order valence-electron chi connectivity index (χ3n) is 3.93. The van der Waals surface area contributed by atoms with Crippen LogP contribution in [0.15, 0.2) is 28.7 Å². The monoisotopic (exact) mass is 395 g/mol. The molecule has 0 radical (unpaired) electrons. The number of Topliss-reactive ketones (excluding diaryl/α,β-unsaturated/α-hetero) is 1. The van der Waals surface area contributed by atoms with Gasteiger partial charge in [-0.15, -0.1) is 0 Å². The van der Waals surface area contributed by atoms with E-state index in [0.717, 1.165) is 17.6 Å². The van der Waals surface area contributed by atoms with Crippen molar-refractivity contribution < 1.29 is 14.4 Å². The normalized spacial score (nSPS) is 15.2. The van der Waals surface area contributed by atoms with Gasteiger partial charge in [0.05, 0.1) is 6.04 Å². The molecule has 0 bridgehead atoms. The molecule has 0 aliphatic carbocycles. The number of benzene rings is 1. The molecule has 1 aliphatic heterocycles. The van der Waals surface area contributed by atoms with E-state index in [2.05, 4.69) is 31.9 Å². The summed E-state index contributed by atoms with van der Waals surface area (Å²) in [6, 6.07) is 6.35. The number of ketones is 1. The van der Waals surface area contributed by atoms with Crippen LogP contribution in [0.3, 0.4) is 0 Å². The summed E-state index contributed by atoms with van der Waals surface area (Å²) in [5.74, 6) is -0.0959. The molecule has 3 N–H and O–H groups in total. The number of hydrogen-bond donors (Lipinski definition) is 3. The second kappa shape index (κ2) is 8.94. The minimum atomic E-state index is -0.622. The predicted molar refractivity (Wildman–Crippen MR) is 94.7 cm³/mol. The molecule has 1 saturated heterocycles. The van der Waals surface area contributed by atoms with Gasteiger partial charge in [-0.3, -0.25) is 14.4 Å². The van der Waals surface area contributed by atoms with E-state index in [-0.39, 0.29) is 30.4 Å². The third-order valence-corrected chi connectivity index (χ3v) is 4.46. The van der Waals surface area contributed by atoms with Crippen LogP contribution in [0.1, 0.15) is 30.1 Å². The van der Waals surface area contributed by atoms with Crippen LogP contribution in [-0.2, 0) is 9.59 Å². The number of nitrogens with one attached hydrogen (secondary N) is 3. The Kier molecular flexibility index (Phi) is 6.93. The molecule has 130 valence electrons. The largest absolute Gasteiger partial charge is 0.356 e. The van der Waals surface area contributed by atoms with Crippen LogP contribution in [0, 0.1) is 5.92 Å². The molecule has 7 heteroatoms. The summed E-state index contributed by atoms with van der Waals surface area (Å²) in [6.07, 6.45) is 0.206. The van der Waals surface area contributed by atoms with Crippen molar-refractivity contribution >= 4 is 33.5 Å². The zero-order chi connectivity index (χ0) is 17.5. The standard InChI is InChI=1S/C17H22BrN3O3/c1-11(17(24)13-2-4-14(18)5-3-13)21-16(23)7-6-15(22)20-10-12-8-19-9-12/h2-5,11-12,19H,6-10H2,1H3,(H,20,22)(H,21,23). The van der Waals surface area contributed by atoms with Gasteiger partial charge in [-0.25, -0.2) is 0 Å². The Labute approximate surface area is 149 Å². The fraction of sp³-hybridized carbons (Fsp3) is 0.471. The summed E-state index contributed by atoms with van der Waals surface area (Å²) in [5, 5.41) is 8.60. The molecule has 0 spiro atoms. The lowest BCUT2D eigenvalue weighted by molar-refractivity contribution is -0.126. The van der Waals surface area contributed by atoms with Crippen molar-refractivity contribution in [3.05, 3.63) is 34.3 Å². The van der Waals surface area contributed by atoms with E-state index in [0.29, 0.717) is 18.0 Å². The topological polar surface area (TPSA) is 87.3 Å². The van der Waals surface area contributed by atoms with Crippen molar-refractivity contribution in [3.63, 3.8) is 0 Å². The number of amides is 2. The minimum Gasteiger partial charge on any atom is -0.356 e. The maximum atomic E-state index is 12.2. The van der Waals surface area contributed by atoms with E-state index in [9.17, 15) is 14.4 Å². The zero-order valence-electron chi connectivity index (χ0n) is 13.6. The van der Waals surface area contributed by atoms with E-state index >= 15 is 0 Å². The van der Waals surface area contributed by atoms with Crippen molar-refractivity contribution in [3.8, 4) is 0 Å². The van der Waals surface area contributed by atoms with Gasteiger partial charge in [0, 0.05) is 48.4 Å². The lowest BCUT2D eigenvalue weighted by atomic mass is 10.0. The quantitative estimate of drug-likeness (QED) is 0.578. The Morgan fingerprint density at radius 2 is 1.79 bits per heavy atom. The molecular weight excluding hydrogens is 374 g/mol. The summed E-state index contributed by atoms with van der Waals surface area (Å²) in [6.45, 7) is 4.14. The van der Waals surface area contributed by atoms with Crippen molar-refractivity contribution in [2.45, 2.75) is 25.8 Å². The minimum absolute atomic E-state index is 0.0761. The summed E-state index contributed by atoms with van der Waals surface area (Å²) in [5.41, 5.74) is 0.540. The molecule has 1 aromatic carbocycles. The molecule has 6 nitrogen and oxygen atoms in total. The first-order valence-corrected chi connectivity index (χ1v) is 8.81. The number of carbonyl (C=O) groups excluding carboxylic acids is 3. The maximum absolute atomic E-state index is 12.2. The van der Waals surface area contributed by atoms with Crippen LogP contribution in [0.5, 0.6) is 0 Å². The Hall–Kier alpha value is -1.73. The van der Waals surface area contributed by atoms with Crippen LogP contribution >= 0.6 is 15.9 Å². The lowest BCUT2D eigenvalue weighted by Crippen LogP contribution is -2.48. The van der Waals surface area contributed by atoms with E-state index in [1.165, 1.54) is 0 Å². The van der Waals surface area contributed by atoms with Gasteiger partial charge < -0.3 is 16.0 Å². The second-order valence-electron chi connectivity index (χ2n) is 5.99. The van der Waals surface area contributed by atoms with Crippen LogP contribution < -0.4 is 16.0 Å². The smallest absolute Gasteiger partial charge is 0.221 e. The summed E-state index contributed by atoms with van der Waals surface area (Å²) in [4.78, 5) is 35.8. The Bertz CT molecular complexity index is 600. The second-order valence-corrected chi connectivity index (χ2v) is 6.90. The Morgan fingerprint density at radius 1 is 1.17 bits per heavy atom. The number of rotatable bonds is 8. The van der Waals surface area contributed by atoms with Crippen molar-refractivity contribution in [2.24, 2.45) is 5.92 Å². The van der Waals surface area contributed by atoms with Crippen molar-refractivity contribution in [1.82, 2.24) is 16.0 Å². The molecule has 2 amide bonds. The number of carbonyl (C=O) groups is 3. The molecule has 0 saturated carbocycles. The predicted octanol–water partition coefficient (Wildman–Crippen LogP) is 1.25. The van der Waals surface area contributed by atoms with Gasteiger partial charge in [0.2, 0.25) is 11.8 Å². The molecule has 1 aliphatic rings. The first kappa shape index (κ1) is 18.6. The van der Waals surface area contributed by atoms with E-state index < -0.39 is 6.04 Å². The molecule has 1 atom stereocenters. The van der Waals surface area contributed by atoms with Gasteiger partial charge in [0.15, 0.2) is 5.78 Å². The molecule has 2 rings (SSSR count). The number of hydrogen-bond acceptors (Lipinski definition) is 4. The van der Waals surface area contributed by atoms with Gasteiger partial charge in [-0.2, -0.15) is 0 Å². The Balaban J connectivity index is 1.69. The molecule has 0 aromatic heterocycles. The average Bonchev–Trinajstić information content (AvgIpc) is 2.51. The molecular formula is C17H22BrN3O3. The van der Waals surface area contributed by atoms with Crippen LogP contribution in [0.4, 0.5) is 0 Å². The molecule has 1 aromatic rings.